The van der Waals surface area contributed by atoms with E-state index in [4.69, 9.17) is 0 Å². The normalized spacial score (nSPS) is 13.5. The van der Waals surface area contributed by atoms with Crippen molar-refractivity contribution in [2.24, 2.45) is 0 Å². The third-order valence-electron chi connectivity index (χ3n) is 5.58. The van der Waals surface area contributed by atoms with Gasteiger partial charge in [0.1, 0.15) is 10.7 Å². The quantitative estimate of drug-likeness (QED) is 0.408. The second kappa shape index (κ2) is 9.42. The summed E-state index contributed by atoms with van der Waals surface area (Å²) in [4.78, 5) is 26.2. The number of thioether (sulfide) groups is 1. The Morgan fingerprint density at radius 1 is 0.909 bits per heavy atom. The molecule has 7 heteroatoms. The summed E-state index contributed by atoms with van der Waals surface area (Å²) >= 11 is 1.37. The maximum atomic E-state index is 12.6. The molecule has 0 bridgehead atoms. The number of rotatable bonds is 6. The Morgan fingerprint density at radius 2 is 1.64 bits per heavy atom. The highest BCUT2D eigenvalue weighted by molar-refractivity contribution is 8.00. The number of nitrogens with zero attached hydrogens (tertiary/aromatic N) is 3. The summed E-state index contributed by atoms with van der Waals surface area (Å²) in [6, 6.07) is 25.3. The first-order valence-corrected chi connectivity index (χ1v) is 11.8. The van der Waals surface area contributed by atoms with Crippen molar-refractivity contribution in [2.75, 3.05) is 22.5 Å². The Morgan fingerprint density at radius 3 is 2.36 bits per heavy atom. The molecule has 33 heavy (non-hydrogen) atoms. The van der Waals surface area contributed by atoms with Crippen LogP contribution < -0.4 is 10.2 Å². The molecule has 1 aliphatic rings. The Bertz CT molecular complexity index is 1310. The monoisotopic (exact) mass is 454 g/mol. The van der Waals surface area contributed by atoms with Crippen LogP contribution in [0.25, 0.3) is 22.0 Å². The van der Waals surface area contributed by atoms with Gasteiger partial charge in [0.2, 0.25) is 11.8 Å². The second-order valence-electron chi connectivity index (χ2n) is 7.80. The number of anilines is 2. The molecule has 0 spiro atoms. The molecule has 0 unspecified atom stereocenters. The molecule has 0 atom stereocenters. The molecule has 4 aromatic rings. The van der Waals surface area contributed by atoms with Crippen LogP contribution in [0.2, 0.25) is 0 Å². The summed E-state index contributed by atoms with van der Waals surface area (Å²) < 4.78 is 0. The van der Waals surface area contributed by atoms with Crippen LogP contribution in [0.15, 0.2) is 83.9 Å². The smallest absolute Gasteiger partial charge is 0.234 e. The van der Waals surface area contributed by atoms with E-state index in [1.807, 2.05) is 78.9 Å². The van der Waals surface area contributed by atoms with Crippen LogP contribution in [-0.4, -0.2) is 34.3 Å². The molecule has 0 saturated carbocycles. The van der Waals surface area contributed by atoms with Crippen molar-refractivity contribution in [1.82, 2.24) is 10.2 Å². The predicted molar refractivity (Wildman–Crippen MR) is 132 cm³/mol. The van der Waals surface area contributed by atoms with E-state index < -0.39 is 0 Å². The zero-order valence-corrected chi connectivity index (χ0v) is 18.7. The van der Waals surface area contributed by atoms with E-state index in [1.54, 1.807) is 4.90 Å². The number of benzene rings is 3. The molecule has 3 aromatic carbocycles. The van der Waals surface area contributed by atoms with E-state index in [0.717, 1.165) is 45.7 Å². The molecule has 1 aliphatic heterocycles. The summed E-state index contributed by atoms with van der Waals surface area (Å²) in [6.07, 6.45) is 1.48. The Labute approximate surface area is 196 Å². The van der Waals surface area contributed by atoms with E-state index in [9.17, 15) is 9.59 Å². The molecule has 1 fully saturated rings. The van der Waals surface area contributed by atoms with Crippen LogP contribution in [0.3, 0.4) is 0 Å². The van der Waals surface area contributed by atoms with Gasteiger partial charge in [-0.3, -0.25) is 9.59 Å². The lowest BCUT2D eigenvalue weighted by molar-refractivity contribution is -0.117. The standard InChI is InChI=1S/C26H22N4O2S/c31-23(27-19-12-14-20(15-13-19)30-16-6-11-24(30)32)17-33-26-22-10-5-4-9-21(22)25(28-29-26)18-7-2-1-3-8-18/h1-5,7-10,12-15H,6,11,16-17H2,(H,27,31). The first-order valence-electron chi connectivity index (χ1n) is 10.8. The van der Waals surface area contributed by atoms with Gasteiger partial charge in [-0.25, -0.2) is 0 Å². The molecule has 0 aliphatic carbocycles. The summed E-state index contributed by atoms with van der Waals surface area (Å²) in [5, 5.41) is 14.5. The van der Waals surface area contributed by atoms with Crippen molar-refractivity contribution >= 4 is 45.7 Å². The van der Waals surface area contributed by atoms with Gasteiger partial charge in [0.25, 0.3) is 0 Å². The van der Waals surface area contributed by atoms with Crippen LogP contribution in [0.4, 0.5) is 11.4 Å². The highest BCUT2D eigenvalue weighted by Crippen LogP contribution is 2.31. The number of carbonyl (C=O) groups is 2. The first kappa shape index (κ1) is 21.2. The van der Waals surface area contributed by atoms with Crippen molar-refractivity contribution < 1.29 is 9.59 Å². The predicted octanol–water partition coefficient (Wildman–Crippen LogP) is 5.15. The summed E-state index contributed by atoms with van der Waals surface area (Å²) in [7, 11) is 0. The van der Waals surface area contributed by atoms with Gasteiger partial charge in [-0.1, -0.05) is 66.4 Å². The minimum Gasteiger partial charge on any atom is -0.325 e. The van der Waals surface area contributed by atoms with Crippen LogP contribution in [0.1, 0.15) is 12.8 Å². The zero-order chi connectivity index (χ0) is 22.6. The van der Waals surface area contributed by atoms with Crippen molar-refractivity contribution in [3.8, 4) is 11.3 Å². The van der Waals surface area contributed by atoms with Gasteiger partial charge in [-0.2, -0.15) is 0 Å². The molecule has 1 N–H and O–H groups in total. The van der Waals surface area contributed by atoms with Gasteiger partial charge in [0.05, 0.1) is 5.75 Å². The zero-order valence-electron chi connectivity index (χ0n) is 17.9. The highest BCUT2D eigenvalue weighted by atomic mass is 32.2. The van der Waals surface area contributed by atoms with Gasteiger partial charge in [-0.15, -0.1) is 10.2 Å². The maximum Gasteiger partial charge on any atom is 0.234 e. The fourth-order valence-corrected chi connectivity index (χ4v) is 4.74. The fraction of sp³-hybridized carbons (Fsp3) is 0.154. The Kier molecular flexibility index (Phi) is 6.04. The topological polar surface area (TPSA) is 75.2 Å². The Hall–Kier alpha value is -3.71. The van der Waals surface area contributed by atoms with E-state index in [0.29, 0.717) is 12.1 Å². The SMILES string of the molecule is O=C(CSc1nnc(-c2ccccc2)c2ccccc12)Nc1ccc(N2CCCC2=O)cc1. The van der Waals surface area contributed by atoms with E-state index >= 15 is 0 Å². The van der Waals surface area contributed by atoms with Gasteiger partial charge in [-0.05, 0) is 30.7 Å². The van der Waals surface area contributed by atoms with Crippen LogP contribution in [-0.2, 0) is 9.59 Å². The number of fused-ring (bicyclic) bond motifs is 1. The van der Waals surface area contributed by atoms with Crippen molar-refractivity contribution in [3.63, 3.8) is 0 Å². The summed E-state index contributed by atoms with van der Waals surface area (Å²) in [6.45, 7) is 0.749. The molecule has 6 nitrogen and oxygen atoms in total. The van der Waals surface area contributed by atoms with Gasteiger partial charge < -0.3 is 10.2 Å². The molecular formula is C26H22N4O2S. The lowest BCUT2D eigenvalue weighted by Crippen LogP contribution is -2.23. The molecule has 1 aromatic heterocycles. The van der Waals surface area contributed by atoms with Gasteiger partial charge in [0.15, 0.2) is 0 Å². The number of nitrogens with one attached hydrogen (secondary N) is 1. The van der Waals surface area contributed by atoms with Crippen molar-refractivity contribution in [2.45, 2.75) is 17.9 Å². The molecule has 2 heterocycles. The number of hydrogen-bond acceptors (Lipinski definition) is 5. The largest absolute Gasteiger partial charge is 0.325 e. The number of hydrogen-bond donors (Lipinski definition) is 1. The van der Waals surface area contributed by atoms with Gasteiger partial charge in [0, 0.05) is 40.7 Å². The van der Waals surface area contributed by atoms with Crippen LogP contribution in [0.5, 0.6) is 0 Å². The number of amides is 2. The average molecular weight is 455 g/mol. The Balaban J connectivity index is 1.27. The maximum absolute atomic E-state index is 12.6. The van der Waals surface area contributed by atoms with E-state index in [-0.39, 0.29) is 17.6 Å². The minimum absolute atomic E-state index is 0.122. The molecule has 2 amide bonds. The van der Waals surface area contributed by atoms with Crippen molar-refractivity contribution in [3.05, 3.63) is 78.9 Å². The molecule has 1 saturated heterocycles. The summed E-state index contributed by atoms with van der Waals surface area (Å²) in [5.74, 6) is 0.244. The first-order chi connectivity index (χ1) is 16.2. The van der Waals surface area contributed by atoms with Gasteiger partial charge >= 0.3 is 0 Å². The summed E-state index contributed by atoms with van der Waals surface area (Å²) in [5.41, 5.74) is 3.41. The minimum atomic E-state index is -0.122. The number of aromatic nitrogens is 2. The van der Waals surface area contributed by atoms with E-state index in [2.05, 4.69) is 15.5 Å². The lowest BCUT2D eigenvalue weighted by Gasteiger charge is -2.16. The average Bonchev–Trinajstić information content (AvgIpc) is 3.29. The fourth-order valence-electron chi connectivity index (χ4n) is 3.97. The third-order valence-corrected chi connectivity index (χ3v) is 6.56. The lowest BCUT2D eigenvalue weighted by atomic mass is 10.1. The highest BCUT2D eigenvalue weighted by Gasteiger charge is 2.21. The van der Waals surface area contributed by atoms with Crippen LogP contribution >= 0.6 is 11.8 Å². The number of carbonyl (C=O) groups excluding carboxylic acids is 2. The van der Waals surface area contributed by atoms with E-state index in [1.165, 1.54) is 11.8 Å². The molecule has 5 rings (SSSR count). The van der Waals surface area contributed by atoms with Crippen molar-refractivity contribution in [1.29, 1.82) is 0 Å². The second-order valence-corrected chi connectivity index (χ2v) is 8.76. The molecule has 0 radical (unpaired) electrons. The van der Waals surface area contributed by atoms with Crippen LogP contribution in [0, 0.1) is 0 Å². The molecule has 164 valence electrons. The third kappa shape index (κ3) is 4.59. The molecular weight excluding hydrogens is 432 g/mol.